The number of hydrogen-bond acceptors (Lipinski definition) is 2. The van der Waals surface area contributed by atoms with Crippen LogP contribution < -0.4 is 5.73 Å². The van der Waals surface area contributed by atoms with E-state index in [4.69, 9.17) is 5.73 Å². The number of nitrogens with zero attached hydrogens (tertiary/aromatic N) is 1. The fraction of sp³-hybridized carbons (Fsp3) is 0.615. The Kier molecular flexibility index (Phi) is 1.98. The van der Waals surface area contributed by atoms with Gasteiger partial charge in [-0.05, 0) is 49.1 Å². The fourth-order valence-electron chi connectivity index (χ4n) is 3.36. The van der Waals surface area contributed by atoms with Crippen LogP contribution in [0.3, 0.4) is 0 Å². The molecule has 0 saturated heterocycles. The Balaban J connectivity index is 1.94. The van der Waals surface area contributed by atoms with Gasteiger partial charge in [0, 0.05) is 5.69 Å². The van der Waals surface area contributed by atoms with Gasteiger partial charge in [0.2, 0.25) is 0 Å². The summed E-state index contributed by atoms with van der Waals surface area (Å²) in [5.74, 6) is 0. The lowest BCUT2D eigenvalue weighted by molar-refractivity contribution is 0.253. The van der Waals surface area contributed by atoms with Crippen molar-refractivity contribution in [1.29, 1.82) is 0 Å². The molecule has 2 N–H and O–H groups in total. The van der Waals surface area contributed by atoms with E-state index >= 15 is 0 Å². The number of nitrogens with two attached hydrogens (primary N) is 1. The number of fused-ring (bicyclic) bond motifs is 1. The standard InChI is InChI=1S/C13H18N2/c14-11-7-10-8-13(4-1-2-5-13)6-3-12(10)15-9-11/h7,9H,1-6,8,14H2. The summed E-state index contributed by atoms with van der Waals surface area (Å²) in [5.41, 5.74) is 9.96. The maximum absolute atomic E-state index is 5.81. The molecule has 0 radical (unpaired) electrons. The minimum Gasteiger partial charge on any atom is -0.397 e. The Bertz CT molecular complexity index is 378. The summed E-state index contributed by atoms with van der Waals surface area (Å²) in [6.07, 6.45) is 11.2. The number of aryl methyl sites for hydroxylation is 1. The number of aromatic nitrogens is 1. The van der Waals surface area contributed by atoms with Crippen molar-refractivity contribution in [1.82, 2.24) is 4.98 Å². The second kappa shape index (κ2) is 3.22. The molecular weight excluding hydrogens is 184 g/mol. The molecule has 3 rings (SSSR count). The van der Waals surface area contributed by atoms with Gasteiger partial charge in [-0.1, -0.05) is 12.8 Å². The fourth-order valence-corrected chi connectivity index (χ4v) is 3.36. The zero-order valence-electron chi connectivity index (χ0n) is 9.13. The van der Waals surface area contributed by atoms with Crippen LogP contribution in [0.4, 0.5) is 5.69 Å². The maximum atomic E-state index is 5.81. The third kappa shape index (κ3) is 1.52. The van der Waals surface area contributed by atoms with Crippen LogP contribution in [0.5, 0.6) is 0 Å². The Morgan fingerprint density at radius 3 is 2.80 bits per heavy atom. The van der Waals surface area contributed by atoms with Crippen molar-refractivity contribution in [3.05, 3.63) is 23.5 Å². The second-order valence-corrected chi connectivity index (χ2v) is 5.26. The first-order valence-electron chi connectivity index (χ1n) is 6.01. The van der Waals surface area contributed by atoms with Crippen molar-refractivity contribution in [3.63, 3.8) is 0 Å². The molecule has 2 aliphatic carbocycles. The molecule has 2 heteroatoms. The van der Waals surface area contributed by atoms with Gasteiger partial charge >= 0.3 is 0 Å². The van der Waals surface area contributed by atoms with Gasteiger partial charge in [-0.2, -0.15) is 0 Å². The molecule has 0 atom stereocenters. The van der Waals surface area contributed by atoms with E-state index in [1.807, 2.05) is 0 Å². The summed E-state index contributed by atoms with van der Waals surface area (Å²) in [6.45, 7) is 0. The predicted molar refractivity (Wildman–Crippen MR) is 61.6 cm³/mol. The molecule has 0 unspecified atom stereocenters. The van der Waals surface area contributed by atoms with E-state index < -0.39 is 0 Å². The van der Waals surface area contributed by atoms with Gasteiger partial charge in [0.1, 0.15) is 0 Å². The topological polar surface area (TPSA) is 38.9 Å². The Morgan fingerprint density at radius 2 is 2.00 bits per heavy atom. The monoisotopic (exact) mass is 202 g/mol. The first-order valence-corrected chi connectivity index (χ1v) is 6.01. The number of rotatable bonds is 0. The van der Waals surface area contributed by atoms with Crippen molar-refractivity contribution in [3.8, 4) is 0 Å². The van der Waals surface area contributed by atoms with Crippen LogP contribution in [0.1, 0.15) is 43.4 Å². The van der Waals surface area contributed by atoms with Crippen LogP contribution in [-0.4, -0.2) is 4.98 Å². The maximum Gasteiger partial charge on any atom is 0.0503 e. The quantitative estimate of drug-likeness (QED) is 0.702. The number of pyridine rings is 1. The molecule has 1 spiro atoms. The van der Waals surface area contributed by atoms with Crippen LogP contribution in [0.2, 0.25) is 0 Å². The van der Waals surface area contributed by atoms with E-state index in [-0.39, 0.29) is 0 Å². The number of nitrogen functional groups attached to an aromatic ring is 1. The summed E-state index contributed by atoms with van der Waals surface area (Å²) in [6, 6.07) is 2.14. The van der Waals surface area contributed by atoms with E-state index in [1.54, 1.807) is 6.20 Å². The molecule has 1 aromatic heterocycles. The highest BCUT2D eigenvalue weighted by atomic mass is 14.7. The van der Waals surface area contributed by atoms with Crippen LogP contribution in [-0.2, 0) is 12.8 Å². The molecular formula is C13H18N2. The molecule has 1 heterocycles. The number of hydrogen-bond donors (Lipinski definition) is 1. The lowest BCUT2D eigenvalue weighted by Crippen LogP contribution is -2.26. The van der Waals surface area contributed by atoms with Gasteiger partial charge < -0.3 is 5.73 Å². The second-order valence-electron chi connectivity index (χ2n) is 5.26. The third-order valence-electron chi connectivity index (χ3n) is 4.20. The van der Waals surface area contributed by atoms with Crippen LogP contribution in [0, 0.1) is 5.41 Å². The molecule has 0 aliphatic heterocycles. The number of anilines is 1. The van der Waals surface area contributed by atoms with Crippen LogP contribution in [0.25, 0.3) is 0 Å². The highest BCUT2D eigenvalue weighted by Crippen LogP contribution is 2.47. The van der Waals surface area contributed by atoms with E-state index in [0.29, 0.717) is 5.41 Å². The average molecular weight is 202 g/mol. The van der Waals surface area contributed by atoms with E-state index in [1.165, 1.54) is 49.8 Å². The Hall–Kier alpha value is -1.05. The average Bonchev–Trinajstić information content (AvgIpc) is 2.66. The van der Waals surface area contributed by atoms with Crippen LogP contribution >= 0.6 is 0 Å². The molecule has 1 saturated carbocycles. The molecule has 0 amide bonds. The van der Waals surface area contributed by atoms with Gasteiger partial charge in [0.05, 0.1) is 11.9 Å². The molecule has 2 nitrogen and oxygen atoms in total. The normalized spacial score (nSPS) is 22.9. The molecule has 0 bridgehead atoms. The summed E-state index contributed by atoms with van der Waals surface area (Å²) < 4.78 is 0. The first kappa shape index (κ1) is 9.20. The SMILES string of the molecule is Nc1cnc2c(c1)CC1(CCCC1)CC2. The minimum absolute atomic E-state index is 0.614. The van der Waals surface area contributed by atoms with Crippen LogP contribution in [0.15, 0.2) is 12.3 Å². The molecule has 2 aliphatic rings. The van der Waals surface area contributed by atoms with Crippen molar-refractivity contribution in [2.45, 2.75) is 44.9 Å². The molecule has 1 aromatic rings. The zero-order valence-corrected chi connectivity index (χ0v) is 9.13. The zero-order chi connectivity index (χ0) is 10.3. The van der Waals surface area contributed by atoms with E-state index in [0.717, 1.165) is 12.1 Å². The lowest BCUT2D eigenvalue weighted by Gasteiger charge is -2.34. The van der Waals surface area contributed by atoms with Gasteiger partial charge in [-0.15, -0.1) is 0 Å². The van der Waals surface area contributed by atoms with E-state index in [9.17, 15) is 0 Å². The van der Waals surface area contributed by atoms with Crippen molar-refractivity contribution in [2.75, 3.05) is 5.73 Å². The third-order valence-corrected chi connectivity index (χ3v) is 4.20. The first-order chi connectivity index (χ1) is 7.27. The summed E-state index contributed by atoms with van der Waals surface area (Å²) in [4.78, 5) is 4.45. The van der Waals surface area contributed by atoms with Gasteiger partial charge in [-0.25, -0.2) is 0 Å². The summed E-state index contributed by atoms with van der Waals surface area (Å²) >= 11 is 0. The Morgan fingerprint density at radius 1 is 1.20 bits per heavy atom. The molecule has 80 valence electrons. The highest BCUT2D eigenvalue weighted by Gasteiger charge is 2.37. The summed E-state index contributed by atoms with van der Waals surface area (Å²) in [7, 11) is 0. The predicted octanol–water partition coefficient (Wildman–Crippen LogP) is 2.71. The van der Waals surface area contributed by atoms with E-state index in [2.05, 4.69) is 11.1 Å². The summed E-state index contributed by atoms with van der Waals surface area (Å²) in [5, 5.41) is 0. The smallest absolute Gasteiger partial charge is 0.0503 e. The Labute approximate surface area is 90.9 Å². The largest absolute Gasteiger partial charge is 0.397 e. The highest BCUT2D eigenvalue weighted by molar-refractivity contribution is 5.41. The van der Waals surface area contributed by atoms with Crippen molar-refractivity contribution in [2.24, 2.45) is 5.41 Å². The molecule has 15 heavy (non-hydrogen) atoms. The van der Waals surface area contributed by atoms with Gasteiger partial charge in [0.15, 0.2) is 0 Å². The minimum atomic E-state index is 0.614. The lowest BCUT2D eigenvalue weighted by atomic mass is 9.72. The van der Waals surface area contributed by atoms with Gasteiger partial charge in [-0.3, -0.25) is 4.98 Å². The van der Waals surface area contributed by atoms with Crippen molar-refractivity contribution < 1.29 is 0 Å². The molecule has 0 aromatic carbocycles. The van der Waals surface area contributed by atoms with Gasteiger partial charge in [0.25, 0.3) is 0 Å². The van der Waals surface area contributed by atoms with Crippen molar-refractivity contribution >= 4 is 5.69 Å². The molecule has 1 fully saturated rings.